The third kappa shape index (κ3) is 5.61. The molecule has 0 radical (unpaired) electrons. The molecule has 0 unspecified atom stereocenters. The SMILES string of the molecule is COc1cc(C=NNC(=O)CC(=O)Nc2ccc(F)cc2)ccc1O. The van der Waals surface area contributed by atoms with E-state index >= 15 is 0 Å². The van der Waals surface area contributed by atoms with E-state index in [1.165, 1.54) is 49.7 Å². The summed E-state index contributed by atoms with van der Waals surface area (Å²) in [6.07, 6.45) is 0.908. The van der Waals surface area contributed by atoms with E-state index in [1.54, 1.807) is 6.07 Å². The van der Waals surface area contributed by atoms with Gasteiger partial charge in [-0.15, -0.1) is 0 Å². The Morgan fingerprint density at radius 3 is 2.60 bits per heavy atom. The van der Waals surface area contributed by atoms with E-state index in [4.69, 9.17) is 4.74 Å². The molecule has 0 aromatic heterocycles. The molecule has 25 heavy (non-hydrogen) atoms. The third-order valence-corrected chi connectivity index (χ3v) is 3.06. The number of phenolic OH excluding ortho intramolecular Hbond substituents is 1. The van der Waals surface area contributed by atoms with Gasteiger partial charge in [-0.25, -0.2) is 9.82 Å². The van der Waals surface area contributed by atoms with Gasteiger partial charge in [0.1, 0.15) is 12.2 Å². The van der Waals surface area contributed by atoms with Crippen molar-refractivity contribution >= 4 is 23.7 Å². The Morgan fingerprint density at radius 2 is 1.92 bits per heavy atom. The number of hydrazone groups is 1. The monoisotopic (exact) mass is 345 g/mol. The molecule has 2 amide bonds. The van der Waals surface area contributed by atoms with E-state index in [1.807, 2.05) is 0 Å². The van der Waals surface area contributed by atoms with Gasteiger partial charge in [0.2, 0.25) is 11.8 Å². The summed E-state index contributed by atoms with van der Waals surface area (Å²) in [6, 6.07) is 9.72. The molecule has 2 rings (SSSR count). The van der Waals surface area contributed by atoms with Crippen LogP contribution < -0.4 is 15.5 Å². The molecular weight excluding hydrogens is 329 g/mol. The highest BCUT2D eigenvalue weighted by atomic mass is 19.1. The largest absolute Gasteiger partial charge is 0.504 e. The average Bonchev–Trinajstić information content (AvgIpc) is 2.58. The molecule has 0 fully saturated rings. The molecule has 0 aliphatic heterocycles. The van der Waals surface area contributed by atoms with Gasteiger partial charge < -0.3 is 15.2 Å². The number of ether oxygens (including phenoxy) is 1. The Hall–Kier alpha value is -3.42. The van der Waals surface area contributed by atoms with Crippen molar-refractivity contribution in [1.82, 2.24) is 5.43 Å². The van der Waals surface area contributed by atoms with Crippen LogP contribution in [0.2, 0.25) is 0 Å². The number of nitrogens with one attached hydrogen (secondary N) is 2. The van der Waals surface area contributed by atoms with Crippen LogP contribution in [-0.2, 0) is 9.59 Å². The number of hydrogen-bond acceptors (Lipinski definition) is 5. The Morgan fingerprint density at radius 1 is 1.20 bits per heavy atom. The second-order valence-corrected chi connectivity index (χ2v) is 4.96. The van der Waals surface area contributed by atoms with Crippen LogP contribution in [-0.4, -0.2) is 30.2 Å². The van der Waals surface area contributed by atoms with E-state index < -0.39 is 24.1 Å². The van der Waals surface area contributed by atoms with Crippen molar-refractivity contribution in [1.29, 1.82) is 0 Å². The van der Waals surface area contributed by atoms with Crippen LogP contribution in [0.1, 0.15) is 12.0 Å². The smallest absolute Gasteiger partial charge is 0.249 e. The fraction of sp³-hybridized carbons (Fsp3) is 0.118. The normalized spacial score (nSPS) is 10.5. The van der Waals surface area contributed by atoms with Crippen molar-refractivity contribution in [3.05, 3.63) is 53.8 Å². The number of methoxy groups -OCH3 is 1. The van der Waals surface area contributed by atoms with Crippen LogP contribution in [0.5, 0.6) is 11.5 Å². The predicted molar refractivity (Wildman–Crippen MR) is 90.0 cm³/mol. The van der Waals surface area contributed by atoms with Crippen molar-refractivity contribution in [3.8, 4) is 11.5 Å². The molecule has 0 aliphatic rings. The highest BCUT2D eigenvalue weighted by molar-refractivity contribution is 6.03. The summed E-state index contributed by atoms with van der Waals surface area (Å²) >= 11 is 0. The standard InChI is InChI=1S/C17H16FN3O4/c1-25-15-8-11(2-7-14(15)22)10-19-21-17(24)9-16(23)20-13-5-3-12(18)4-6-13/h2-8,10,22H,9H2,1H3,(H,20,23)(H,21,24). The summed E-state index contributed by atoms with van der Waals surface area (Å²) in [5, 5.41) is 15.7. The Balaban J connectivity index is 1.83. The van der Waals surface area contributed by atoms with Crippen LogP contribution in [0.25, 0.3) is 0 Å². The zero-order valence-corrected chi connectivity index (χ0v) is 13.3. The Kier molecular flexibility index (Phi) is 6.05. The minimum Gasteiger partial charge on any atom is -0.504 e. The molecule has 8 heteroatoms. The zero-order chi connectivity index (χ0) is 18.2. The number of aromatic hydroxyl groups is 1. The molecule has 0 bridgehead atoms. The predicted octanol–water partition coefficient (Wildman–Crippen LogP) is 2.02. The lowest BCUT2D eigenvalue weighted by Gasteiger charge is -2.05. The van der Waals surface area contributed by atoms with E-state index in [0.29, 0.717) is 11.3 Å². The summed E-state index contributed by atoms with van der Waals surface area (Å²) in [5.74, 6) is -1.32. The van der Waals surface area contributed by atoms with Gasteiger partial charge in [0.15, 0.2) is 11.5 Å². The molecule has 3 N–H and O–H groups in total. The lowest BCUT2D eigenvalue weighted by atomic mass is 10.2. The molecule has 2 aromatic rings. The summed E-state index contributed by atoms with van der Waals surface area (Å²) in [4.78, 5) is 23.4. The van der Waals surface area contributed by atoms with E-state index in [0.717, 1.165) is 0 Å². The molecule has 0 atom stereocenters. The van der Waals surface area contributed by atoms with Gasteiger partial charge in [-0.1, -0.05) is 0 Å². The minimum absolute atomic E-state index is 0.0128. The summed E-state index contributed by atoms with van der Waals surface area (Å²) in [6.45, 7) is 0. The van der Waals surface area contributed by atoms with Crippen molar-refractivity contribution in [3.63, 3.8) is 0 Å². The maximum absolute atomic E-state index is 12.8. The van der Waals surface area contributed by atoms with Crippen LogP contribution in [0, 0.1) is 5.82 Å². The van der Waals surface area contributed by atoms with Gasteiger partial charge in [0.05, 0.1) is 13.3 Å². The van der Waals surface area contributed by atoms with Gasteiger partial charge in [0.25, 0.3) is 0 Å². The number of amides is 2. The van der Waals surface area contributed by atoms with Crippen molar-refractivity contribution < 1.29 is 23.8 Å². The highest BCUT2D eigenvalue weighted by Crippen LogP contribution is 2.25. The zero-order valence-electron chi connectivity index (χ0n) is 13.3. The number of carbonyl (C=O) groups is 2. The number of phenols is 1. The van der Waals surface area contributed by atoms with Crippen molar-refractivity contribution in [2.45, 2.75) is 6.42 Å². The summed E-state index contributed by atoms with van der Waals surface area (Å²) in [7, 11) is 1.41. The first-order chi connectivity index (χ1) is 12.0. The number of rotatable bonds is 6. The third-order valence-electron chi connectivity index (χ3n) is 3.06. The quantitative estimate of drug-likeness (QED) is 0.424. The van der Waals surface area contributed by atoms with Gasteiger partial charge >= 0.3 is 0 Å². The van der Waals surface area contributed by atoms with E-state index in [9.17, 15) is 19.1 Å². The second-order valence-electron chi connectivity index (χ2n) is 4.96. The first-order valence-corrected chi connectivity index (χ1v) is 7.22. The first-order valence-electron chi connectivity index (χ1n) is 7.22. The van der Waals surface area contributed by atoms with Gasteiger partial charge in [-0.2, -0.15) is 5.10 Å². The number of halogens is 1. The minimum atomic E-state index is -0.610. The molecular formula is C17H16FN3O4. The fourth-order valence-electron chi connectivity index (χ4n) is 1.88. The number of nitrogens with zero attached hydrogens (tertiary/aromatic N) is 1. The molecule has 0 spiro atoms. The molecule has 7 nitrogen and oxygen atoms in total. The van der Waals surface area contributed by atoms with Crippen LogP contribution >= 0.6 is 0 Å². The van der Waals surface area contributed by atoms with Crippen molar-refractivity contribution in [2.75, 3.05) is 12.4 Å². The second kappa shape index (κ2) is 8.44. The van der Waals surface area contributed by atoms with Crippen LogP contribution in [0.3, 0.4) is 0 Å². The Bertz CT molecular complexity index is 791. The number of carbonyl (C=O) groups excluding carboxylic acids is 2. The summed E-state index contributed by atoms with van der Waals surface area (Å²) < 4.78 is 17.7. The summed E-state index contributed by atoms with van der Waals surface area (Å²) in [5.41, 5.74) is 3.19. The molecule has 2 aromatic carbocycles. The molecule has 0 saturated carbocycles. The topological polar surface area (TPSA) is 100 Å². The Labute approximate surface area is 143 Å². The maximum Gasteiger partial charge on any atom is 0.249 e. The van der Waals surface area contributed by atoms with Gasteiger partial charge in [0, 0.05) is 5.69 Å². The maximum atomic E-state index is 12.8. The molecule has 0 aliphatic carbocycles. The first kappa shape index (κ1) is 17.9. The molecule has 0 saturated heterocycles. The number of hydrogen-bond donors (Lipinski definition) is 3. The van der Waals surface area contributed by atoms with Crippen molar-refractivity contribution in [2.24, 2.45) is 5.10 Å². The number of anilines is 1. The van der Waals surface area contributed by atoms with E-state index in [2.05, 4.69) is 15.8 Å². The lowest BCUT2D eigenvalue weighted by Crippen LogP contribution is -2.24. The van der Waals surface area contributed by atoms with Crippen LogP contribution in [0.15, 0.2) is 47.6 Å². The van der Waals surface area contributed by atoms with E-state index in [-0.39, 0.29) is 11.5 Å². The average molecular weight is 345 g/mol. The lowest BCUT2D eigenvalue weighted by molar-refractivity contribution is -0.126. The van der Waals surface area contributed by atoms with Gasteiger partial charge in [-0.3, -0.25) is 9.59 Å². The van der Waals surface area contributed by atoms with Gasteiger partial charge in [-0.05, 0) is 48.0 Å². The molecule has 0 heterocycles. The fourth-order valence-corrected chi connectivity index (χ4v) is 1.88. The highest BCUT2D eigenvalue weighted by Gasteiger charge is 2.09. The number of benzene rings is 2. The van der Waals surface area contributed by atoms with Crippen LogP contribution in [0.4, 0.5) is 10.1 Å². The molecule has 130 valence electrons.